The number of aromatic hydroxyl groups is 1. The lowest BCUT2D eigenvalue weighted by Crippen LogP contribution is -1.98. The fourth-order valence-corrected chi connectivity index (χ4v) is 1.22. The lowest BCUT2D eigenvalue weighted by atomic mass is 10.1. The molecule has 1 atom stereocenters. The maximum Gasteiger partial charge on any atom is 0.315 e. The van der Waals surface area contributed by atoms with Crippen LogP contribution >= 0.6 is 0 Å². The third-order valence-corrected chi connectivity index (χ3v) is 2.06. The van der Waals surface area contributed by atoms with E-state index in [0.29, 0.717) is 0 Å². The molecule has 0 aliphatic heterocycles. The Hall–Kier alpha value is -2.08. The second-order valence-electron chi connectivity index (χ2n) is 3.03. The van der Waals surface area contributed by atoms with Gasteiger partial charge < -0.3 is 14.9 Å². The van der Waals surface area contributed by atoms with E-state index < -0.39 is 22.5 Å². The molecule has 1 aromatic carbocycles. The van der Waals surface area contributed by atoms with Gasteiger partial charge in [-0.2, -0.15) is 0 Å². The number of phenols is 1. The van der Waals surface area contributed by atoms with Crippen molar-refractivity contribution in [2.45, 2.75) is 6.10 Å². The summed E-state index contributed by atoms with van der Waals surface area (Å²) in [6, 6.07) is 2.39. The van der Waals surface area contributed by atoms with Crippen molar-refractivity contribution in [3.63, 3.8) is 0 Å². The summed E-state index contributed by atoms with van der Waals surface area (Å²) in [5.41, 5.74) is -0.286. The minimum atomic E-state index is -1.05. The lowest BCUT2D eigenvalue weighted by Gasteiger charge is -2.09. The van der Waals surface area contributed by atoms with Crippen LogP contribution in [0.5, 0.6) is 11.5 Å². The van der Waals surface area contributed by atoms with Crippen LogP contribution in [0, 0.1) is 10.1 Å². The molecule has 0 aromatic heterocycles. The number of ether oxygens (including phenoxy) is 1. The van der Waals surface area contributed by atoms with Crippen LogP contribution in [0.25, 0.3) is 0 Å². The van der Waals surface area contributed by atoms with E-state index in [2.05, 4.69) is 6.58 Å². The van der Waals surface area contributed by atoms with Gasteiger partial charge in [0, 0.05) is 6.07 Å². The van der Waals surface area contributed by atoms with Gasteiger partial charge in [-0.25, -0.2) is 0 Å². The Morgan fingerprint density at radius 3 is 2.69 bits per heavy atom. The molecule has 6 heteroatoms. The Bertz CT molecular complexity index is 429. The highest BCUT2D eigenvalue weighted by atomic mass is 16.6. The first-order chi connectivity index (χ1) is 7.51. The first-order valence-electron chi connectivity index (χ1n) is 4.37. The molecule has 0 bridgehead atoms. The van der Waals surface area contributed by atoms with E-state index in [1.54, 1.807) is 0 Å². The highest BCUT2D eigenvalue weighted by Gasteiger charge is 2.21. The van der Waals surface area contributed by atoms with Gasteiger partial charge in [0.1, 0.15) is 0 Å². The van der Waals surface area contributed by atoms with E-state index in [1.165, 1.54) is 19.3 Å². The molecule has 1 unspecified atom stereocenters. The highest BCUT2D eigenvalue weighted by molar-refractivity contribution is 5.57. The van der Waals surface area contributed by atoms with Gasteiger partial charge in [0.2, 0.25) is 5.75 Å². The monoisotopic (exact) mass is 225 g/mol. The van der Waals surface area contributed by atoms with Gasteiger partial charge in [0.25, 0.3) is 0 Å². The van der Waals surface area contributed by atoms with Crippen molar-refractivity contribution >= 4 is 5.69 Å². The number of nitrogens with zero attached hydrogens (tertiary/aromatic N) is 1. The molecule has 0 aliphatic rings. The fourth-order valence-electron chi connectivity index (χ4n) is 1.22. The first kappa shape index (κ1) is 12.0. The van der Waals surface area contributed by atoms with E-state index in [0.717, 1.165) is 6.07 Å². The van der Waals surface area contributed by atoms with Crippen molar-refractivity contribution in [1.82, 2.24) is 0 Å². The summed E-state index contributed by atoms with van der Waals surface area (Å²) in [5, 5.41) is 29.6. The lowest BCUT2D eigenvalue weighted by molar-refractivity contribution is -0.386. The van der Waals surface area contributed by atoms with Gasteiger partial charge in [-0.1, -0.05) is 6.08 Å². The molecular weight excluding hydrogens is 214 g/mol. The van der Waals surface area contributed by atoms with Crippen LogP contribution in [0.4, 0.5) is 5.69 Å². The zero-order valence-electron chi connectivity index (χ0n) is 8.58. The number of nitro benzene ring substituents is 1. The van der Waals surface area contributed by atoms with Gasteiger partial charge >= 0.3 is 5.69 Å². The summed E-state index contributed by atoms with van der Waals surface area (Å²) in [4.78, 5) is 9.88. The van der Waals surface area contributed by atoms with Crippen LogP contribution in [0.2, 0.25) is 0 Å². The number of benzene rings is 1. The molecule has 0 radical (unpaired) electrons. The average Bonchev–Trinajstić information content (AvgIpc) is 2.27. The summed E-state index contributed by atoms with van der Waals surface area (Å²) in [7, 11) is 1.27. The van der Waals surface area contributed by atoms with Crippen molar-refractivity contribution in [1.29, 1.82) is 0 Å². The maximum atomic E-state index is 10.6. The topological polar surface area (TPSA) is 92.8 Å². The summed E-state index contributed by atoms with van der Waals surface area (Å²) < 4.78 is 4.77. The smallest absolute Gasteiger partial charge is 0.315 e. The second kappa shape index (κ2) is 4.63. The first-order valence-corrected chi connectivity index (χ1v) is 4.37. The molecule has 1 rings (SSSR count). The Kier molecular flexibility index (Phi) is 3.47. The van der Waals surface area contributed by atoms with Gasteiger partial charge in [0.05, 0.1) is 18.1 Å². The molecule has 0 spiro atoms. The number of hydrogen-bond acceptors (Lipinski definition) is 5. The Morgan fingerprint density at radius 1 is 1.62 bits per heavy atom. The molecule has 0 amide bonds. The van der Waals surface area contributed by atoms with Crippen molar-refractivity contribution in [2.75, 3.05) is 7.11 Å². The molecular formula is C10H11NO5. The predicted octanol–water partition coefficient (Wildman–Crippen LogP) is 1.53. The van der Waals surface area contributed by atoms with Crippen LogP contribution in [0.3, 0.4) is 0 Å². The fraction of sp³-hybridized carbons (Fsp3) is 0.200. The van der Waals surface area contributed by atoms with Crippen LogP contribution in [0.15, 0.2) is 24.8 Å². The third kappa shape index (κ3) is 2.12. The molecule has 0 fully saturated rings. The minimum absolute atomic E-state index is 0.0647. The van der Waals surface area contributed by atoms with E-state index in [-0.39, 0.29) is 11.3 Å². The van der Waals surface area contributed by atoms with E-state index in [4.69, 9.17) is 4.74 Å². The third-order valence-electron chi connectivity index (χ3n) is 2.06. The summed E-state index contributed by atoms with van der Waals surface area (Å²) in [6.07, 6.45) is 0.170. The Labute approximate surface area is 91.6 Å². The predicted molar refractivity (Wildman–Crippen MR) is 56.5 cm³/mol. The van der Waals surface area contributed by atoms with Crippen LogP contribution < -0.4 is 4.74 Å². The van der Waals surface area contributed by atoms with Gasteiger partial charge in [0.15, 0.2) is 5.75 Å². The molecule has 0 heterocycles. The molecule has 0 saturated heterocycles. The largest absolute Gasteiger partial charge is 0.500 e. The van der Waals surface area contributed by atoms with Gasteiger partial charge in [-0.3, -0.25) is 10.1 Å². The summed E-state index contributed by atoms with van der Waals surface area (Å²) >= 11 is 0. The Balaban J connectivity index is 3.39. The average molecular weight is 225 g/mol. The number of aliphatic hydroxyl groups is 1. The Morgan fingerprint density at radius 2 is 2.25 bits per heavy atom. The van der Waals surface area contributed by atoms with E-state index in [1.807, 2.05) is 0 Å². The molecule has 16 heavy (non-hydrogen) atoms. The normalized spacial score (nSPS) is 11.9. The minimum Gasteiger partial charge on any atom is -0.500 e. The SMILES string of the molecule is C=CC(O)c1cc(OC)c(O)c([N+](=O)[O-])c1. The maximum absolute atomic E-state index is 10.6. The van der Waals surface area contributed by atoms with Crippen LogP contribution in [0.1, 0.15) is 11.7 Å². The van der Waals surface area contributed by atoms with Crippen molar-refractivity contribution in [3.8, 4) is 11.5 Å². The zero-order valence-corrected chi connectivity index (χ0v) is 8.58. The van der Waals surface area contributed by atoms with Crippen molar-refractivity contribution in [2.24, 2.45) is 0 Å². The van der Waals surface area contributed by atoms with Crippen LogP contribution in [-0.4, -0.2) is 22.2 Å². The molecule has 2 N–H and O–H groups in total. The second-order valence-corrected chi connectivity index (χ2v) is 3.03. The van der Waals surface area contributed by atoms with Crippen molar-refractivity contribution in [3.05, 3.63) is 40.5 Å². The summed E-state index contributed by atoms with van der Waals surface area (Å²) in [6.45, 7) is 3.37. The van der Waals surface area contributed by atoms with E-state index >= 15 is 0 Å². The number of rotatable bonds is 4. The number of aliphatic hydroxyl groups excluding tert-OH is 1. The molecule has 0 saturated carbocycles. The van der Waals surface area contributed by atoms with Gasteiger partial charge in [-0.05, 0) is 11.6 Å². The molecule has 6 nitrogen and oxygen atoms in total. The highest BCUT2D eigenvalue weighted by Crippen LogP contribution is 2.38. The zero-order chi connectivity index (χ0) is 12.3. The summed E-state index contributed by atoms with van der Waals surface area (Å²) in [5.74, 6) is -0.627. The molecule has 1 aromatic rings. The number of hydrogen-bond donors (Lipinski definition) is 2. The number of phenolic OH excluding ortho intramolecular Hbond substituents is 1. The molecule has 86 valence electrons. The number of nitro groups is 1. The van der Waals surface area contributed by atoms with Crippen molar-refractivity contribution < 1.29 is 19.9 Å². The van der Waals surface area contributed by atoms with Gasteiger partial charge in [-0.15, -0.1) is 6.58 Å². The quantitative estimate of drug-likeness (QED) is 0.460. The van der Waals surface area contributed by atoms with Crippen LogP contribution in [-0.2, 0) is 0 Å². The molecule has 0 aliphatic carbocycles. The number of methoxy groups -OCH3 is 1. The van der Waals surface area contributed by atoms with E-state index in [9.17, 15) is 20.3 Å². The standard InChI is InChI=1S/C10H11NO5/c1-3-8(12)6-4-7(11(14)15)10(13)9(5-6)16-2/h3-5,8,12-13H,1H2,2H3.